The number of allylic oxidation sites excluding steroid dienone is 5. The van der Waals surface area contributed by atoms with Crippen LogP contribution in [-0.2, 0) is 19.3 Å². The van der Waals surface area contributed by atoms with Crippen molar-refractivity contribution in [3.63, 3.8) is 0 Å². The fourth-order valence-corrected chi connectivity index (χ4v) is 5.98. The molecule has 1 aromatic rings. The predicted molar refractivity (Wildman–Crippen MR) is 107 cm³/mol. The standard InChI is InChI=1S/C22H26O5S/c1-3-26-21(23)27-17-13-15-22(2)14-9-5-8-12-20(19(22)16-17)28(24,25)18-10-6-4-7-11-18/h4,6-7,9-11,13-16,19-20H,3,5,8,12H2,1-2H3/b14-9-/t19-,20-,22-/m1/s1. The van der Waals surface area contributed by atoms with Gasteiger partial charge < -0.3 is 9.47 Å². The number of rotatable bonds is 4. The molecule has 0 saturated heterocycles. The predicted octanol–water partition coefficient (Wildman–Crippen LogP) is 4.82. The molecule has 0 amide bonds. The van der Waals surface area contributed by atoms with Gasteiger partial charge in [-0.2, -0.15) is 0 Å². The van der Waals surface area contributed by atoms with Crippen LogP contribution in [0.4, 0.5) is 4.79 Å². The lowest BCUT2D eigenvalue weighted by molar-refractivity contribution is 0.0827. The molecule has 0 saturated carbocycles. The minimum Gasteiger partial charge on any atom is -0.434 e. The van der Waals surface area contributed by atoms with E-state index in [0.29, 0.717) is 17.1 Å². The third-order valence-corrected chi connectivity index (χ3v) is 7.59. The fraction of sp³-hybridized carbons (Fsp3) is 0.409. The maximum Gasteiger partial charge on any atom is 0.513 e. The molecule has 0 heterocycles. The molecule has 6 heteroatoms. The molecule has 0 bridgehead atoms. The summed E-state index contributed by atoms with van der Waals surface area (Å²) in [5, 5.41) is -0.615. The SMILES string of the molecule is CCOC(=O)OC1=C[C@@H]2[C@H](S(=O)(=O)c3ccccc3)CCC/C=C\[C@]2(C)C=C1. The van der Waals surface area contributed by atoms with E-state index in [0.717, 1.165) is 12.8 Å². The van der Waals surface area contributed by atoms with E-state index >= 15 is 0 Å². The maximum atomic E-state index is 13.5. The third-order valence-electron chi connectivity index (χ3n) is 5.34. The Morgan fingerprint density at radius 1 is 1.21 bits per heavy atom. The van der Waals surface area contributed by atoms with Gasteiger partial charge in [-0.15, -0.1) is 0 Å². The zero-order valence-electron chi connectivity index (χ0n) is 16.2. The molecular weight excluding hydrogens is 376 g/mol. The molecule has 0 fully saturated rings. The largest absolute Gasteiger partial charge is 0.513 e. The second kappa shape index (κ2) is 8.35. The van der Waals surface area contributed by atoms with Crippen molar-refractivity contribution in [1.82, 2.24) is 0 Å². The first-order valence-electron chi connectivity index (χ1n) is 9.59. The second-order valence-electron chi connectivity index (χ2n) is 7.31. The monoisotopic (exact) mass is 402 g/mol. The highest BCUT2D eigenvalue weighted by atomic mass is 32.2. The summed E-state index contributed by atoms with van der Waals surface area (Å²) in [7, 11) is -3.56. The van der Waals surface area contributed by atoms with Crippen LogP contribution >= 0.6 is 0 Å². The molecule has 0 spiro atoms. The lowest BCUT2D eigenvalue weighted by Crippen LogP contribution is -2.40. The zero-order valence-corrected chi connectivity index (χ0v) is 17.0. The number of hydrogen-bond donors (Lipinski definition) is 0. The third kappa shape index (κ3) is 4.22. The molecule has 5 nitrogen and oxygen atoms in total. The highest BCUT2D eigenvalue weighted by molar-refractivity contribution is 7.92. The molecule has 2 aliphatic carbocycles. The van der Waals surface area contributed by atoms with Crippen molar-refractivity contribution in [2.45, 2.75) is 43.3 Å². The van der Waals surface area contributed by atoms with Crippen LogP contribution in [0.25, 0.3) is 0 Å². The minimum atomic E-state index is -3.56. The van der Waals surface area contributed by atoms with Gasteiger partial charge in [-0.25, -0.2) is 13.2 Å². The van der Waals surface area contributed by atoms with Crippen LogP contribution in [0.5, 0.6) is 0 Å². The minimum absolute atomic E-state index is 0.213. The molecule has 0 N–H and O–H groups in total. The van der Waals surface area contributed by atoms with Crippen molar-refractivity contribution in [3.05, 3.63) is 66.5 Å². The Morgan fingerprint density at radius 3 is 2.68 bits per heavy atom. The Bertz CT molecular complexity index is 898. The van der Waals surface area contributed by atoms with Gasteiger partial charge in [-0.05, 0) is 50.5 Å². The molecule has 28 heavy (non-hydrogen) atoms. The summed E-state index contributed by atoms with van der Waals surface area (Å²) in [5.74, 6) is -0.0353. The highest BCUT2D eigenvalue weighted by Gasteiger charge is 2.43. The van der Waals surface area contributed by atoms with Crippen molar-refractivity contribution >= 4 is 16.0 Å². The summed E-state index contributed by atoms with van der Waals surface area (Å²) in [6.45, 7) is 3.93. The van der Waals surface area contributed by atoms with Gasteiger partial charge in [0.1, 0.15) is 5.76 Å². The van der Waals surface area contributed by atoms with E-state index in [1.807, 2.05) is 13.0 Å². The normalized spacial score (nSPS) is 28.3. The van der Waals surface area contributed by atoms with Gasteiger partial charge in [-0.3, -0.25) is 0 Å². The van der Waals surface area contributed by atoms with E-state index < -0.39 is 26.7 Å². The smallest absolute Gasteiger partial charge is 0.434 e. The maximum absolute atomic E-state index is 13.5. The molecular formula is C22H26O5S. The van der Waals surface area contributed by atoms with Crippen LogP contribution in [0.3, 0.4) is 0 Å². The van der Waals surface area contributed by atoms with Crippen LogP contribution < -0.4 is 0 Å². The molecule has 3 rings (SSSR count). The fourth-order valence-electron chi connectivity index (χ4n) is 3.86. The summed E-state index contributed by atoms with van der Waals surface area (Å²) in [4.78, 5) is 12.0. The topological polar surface area (TPSA) is 69.7 Å². The number of benzene rings is 1. The Hall–Kier alpha value is -2.34. The summed E-state index contributed by atoms with van der Waals surface area (Å²) in [5.41, 5.74) is -0.478. The molecule has 0 unspecified atom stereocenters. The average Bonchev–Trinajstić information content (AvgIpc) is 2.66. The van der Waals surface area contributed by atoms with Crippen molar-refractivity contribution < 1.29 is 22.7 Å². The Morgan fingerprint density at radius 2 is 1.96 bits per heavy atom. The molecule has 3 atom stereocenters. The van der Waals surface area contributed by atoms with Gasteiger partial charge in [0.25, 0.3) is 0 Å². The zero-order chi connectivity index (χ0) is 20.2. The first-order chi connectivity index (χ1) is 13.4. The van der Waals surface area contributed by atoms with E-state index in [1.54, 1.807) is 49.4 Å². The van der Waals surface area contributed by atoms with Gasteiger partial charge in [0.05, 0.1) is 16.8 Å². The second-order valence-corrected chi connectivity index (χ2v) is 9.48. The van der Waals surface area contributed by atoms with E-state index in [4.69, 9.17) is 9.47 Å². The Kier molecular flexibility index (Phi) is 6.08. The van der Waals surface area contributed by atoms with Crippen LogP contribution in [0.1, 0.15) is 33.1 Å². The molecule has 150 valence electrons. The lowest BCUT2D eigenvalue weighted by Gasteiger charge is -2.39. The van der Waals surface area contributed by atoms with Crippen molar-refractivity contribution in [3.8, 4) is 0 Å². The number of hydrogen-bond acceptors (Lipinski definition) is 5. The summed E-state index contributed by atoms with van der Waals surface area (Å²) < 4.78 is 37.0. The molecule has 0 aromatic heterocycles. The van der Waals surface area contributed by atoms with Gasteiger partial charge in [0.2, 0.25) is 0 Å². The average molecular weight is 403 g/mol. The van der Waals surface area contributed by atoms with E-state index in [1.165, 1.54) is 0 Å². The Balaban J connectivity index is 2.01. The first kappa shape index (κ1) is 20.4. The summed E-state index contributed by atoms with van der Waals surface area (Å²) in [6, 6.07) is 8.56. The molecule has 2 aliphatic rings. The van der Waals surface area contributed by atoms with E-state index in [9.17, 15) is 13.2 Å². The van der Waals surface area contributed by atoms with Crippen molar-refractivity contribution in [2.24, 2.45) is 11.3 Å². The highest BCUT2D eigenvalue weighted by Crippen LogP contribution is 2.44. The quantitative estimate of drug-likeness (QED) is 0.533. The summed E-state index contributed by atoms with van der Waals surface area (Å²) >= 11 is 0. The van der Waals surface area contributed by atoms with Gasteiger partial charge in [0.15, 0.2) is 9.84 Å². The van der Waals surface area contributed by atoms with Crippen LogP contribution in [-0.4, -0.2) is 26.4 Å². The number of carbonyl (C=O) groups excluding carboxylic acids is 1. The van der Waals surface area contributed by atoms with Crippen LogP contribution in [0.2, 0.25) is 0 Å². The van der Waals surface area contributed by atoms with E-state index in [-0.39, 0.29) is 12.5 Å². The van der Waals surface area contributed by atoms with Crippen LogP contribution in [0.15, 0.2) is 71.4 Å². The molecule has 0 radical (unpaired) electrons. The number of ether oxygens (including phenoxy) is 2. The number of carbonyl (C=O) groups is 1. The van der Waals surface area contributed by atoms with Gasteiger partial charge in [-0.1, -0.05) is 43.4 Å². The van der Waals surface area contributed by atoms with Crippen molar-refractivity contribution in [1.29, 1.82) is 0 Å². The molecule has 1 aromatic carbocycles. The first-order valence-corrected chi connectivity index (χ1v) is 11.1. The summed E-state index contributed by atoms with van der Waals surface area (Å²) in [6.07, 6.45) is 10.9. The lowest BCUT2D eigenvalue weighted by atomic mass is 9.70. The van der Waals surface area contributed by atoms with Gasteiger partial charge in [0, 0.05) is 11.3 Å². The number of sulfone groups is 1. The van der Waals surface area contributed by atoms with E-state index in [2.05, 4.69) is 12.2 Å². The Labute approximate surface area is 166 Å². The van der Waals surface area contributed by atoms with Gasteiger partial charge >= 0.3 is 6.16 Å². The van der Waals surface area contributed by atoms with Crippen molar-refractivity contribution in [2.75, 3.05) is 6.61 Å². The number of fused-ring (bicyclic) bond motifs is 1. The molecule has 0 aliphatic heterocycles. The van der Waals surface area contributed by atoms with Crippen LogP contribution in [0, 0.1) is 11.3 Å².